The lowest BCUT2D eigenvalue weighted by atomic mass is 9.79. The number of hydrogen-bond acceptors (Lipinski definition) is 0. The minimum Gasteiger partial charge on any atom is -0.207 e. The molecular formula is C16H14Br3F. The lowest BCUT2D eigenvalue weighted by molar-refractivity contribution is 0.545. The highest BCUT2D eigenvalue weighted by molar-refractivity contribution is 9.10. The summed E-state index contributed by atoms with van der Waals surface area (Å²) in [5, 5.41) is 1.61. The molecule has 0 radical (unpaired) electrons. The van der Waals surface area contributed by atoms with E-state index in [0.29, 0.717) is 0 Å². The van der Waals surface area contributed by atoms with Crippen molar-refractivity contribution in [3.8, 4) is 0 Å². The molecule has 0 spiro atoms. The summed E-state index contributed by atoms with van der Waals surface area (Å²) in [5.74, 6) is -0.200. The van der Waals surface area contributed by atoms with Gasteiger partial charge >= 0.3 is 0 Å². The van der Waals surface area contributed by atoms with Crippen LogP contribution in [0.5, 0.6) is 0 Å². The molecule has 0 aromatic heterocycles. The molecule has 20 heavy (non-hydrogen) atoms. The summed E-state index contributed by atoms with van der Waals surface area (Å²) in [6.45, 7) is 0. The van der Waals surface area contributed by atoms with Crippen LogP contribution in [0.15, 0.2) is 53.0 Å². The van der Waals surface area contributed by atoms with Gasteiger partial charge in [-0.25, -0.2) is 4.39 Å². The summed E-state index contributed by atoms with van der Waals surface area (Å²) in [7, 11) is 0. The van der Waals surface area contributed by atoms with Crippen LogP contribution in [0.25, 0.3) is 0 Å². The van der Waals surface area contributed by atoms with Crippen LogP contribution in [0, 0.1) is 5.82 Å². The average Bonchev–Trinajstić information content (AvgIpc) is 2.49. The number of alkyl halides is 2. The van der Waals surface area contributed by atoms with Gasteiger partial charge in [0.05, 0.1) is 0 Å². The van der Waals surface area contributed by atoms with E-state index < -0.39 is 0 Å². The average molecular weight is 465 g/mol. The standard InChI is InChI=1S/C16H14Br3F/c17-10-16(11-18,13-4-2-1-3-5-13)9-12-8-14(20)6-7-15(12)19/h1-8H,9-11H2. The van der Waals surface area contributed by atoms with Gasteiger partial charge in [0.1, 0.15) is 5.82 Å². The van der Waals surface area contributed by atoms with E-state index in [1.165, 1.54) is 11.6 Å². The molecule has 2 rings (SSSR count). The number of benzene rings is 2. The second-order valence-corrected chi connectivity index (χ2v) is 6.80. The number of hydrogen-bond donors (Lipinski definition) is 0. The molecule has 2 aromatic carbocycles. The van der Waals surface area contributed by atoms with E-state index in [0.717, 1.165) is 27.1 Å². The monoisotopic (exact) mass is 462 g/mol. The number of halogens is 4. The first-order chi connectivity index (χ1) is 9.61. The predicted molar refractivity (Wildman–Crippen MR) is 93.5 cm³/mol. The second-order valence-electron chi connectivity index (χ2n) is 4.83. The van der Waals surface area contributed by atoms with Gasteiger partial charge in [-0.2, -0.15) is 0 Å². The van der Waals surface area contributed by atoms with Gasteiger partial charge in [-0.3, -0.25) is 0 Å². The molecular weight excluding hydrogens is 451 g/mol. The molecule has 0 amide bonds. The lowest BCUT2D eigenvalue weighted by Crippen LogP contribution is -2.33. The molecule has 0 unspecified atom stereocenters. The van der Waals surface area contributed by atoms with Gasteiger partial charge in [0.2, 0.25) is 0 Å². The molecule has 0 atom stereocenters. The molecule has 0 N–H and O–H groups in total. The first-order valence-corrected chi connectivity index (χ1v) is 9.26. The Hall–Kier alpha value is -0.190. The zero-order valence-electron chi connectivity index (χ0n) is 10.8. The smallest absolute Gasteiger partial charge is 0.123 e. The quantitative estimate of drug-likeness (QED) is 0.486. The highest BCUT2D eigenvalue weighted by Gasteiger charge is 2.31. The first kappa shape index (κ1) is 16.2. The van der Waals surface area contributed by atoms with Gasteiger partial charge in [-0.15, -0.1) is 0 Å². The van der Waals surface area contributed by atoms with Gasteiger partial charge in [0, 0.05) is 20.5 Å². The Bertz CT molecular complexity index is 565. The van der Waals surface area contributed by atoms with Gasteiger partial charge in [0.25, 0.3) is 0 Å². The maximum Gasteiger partial charge on any atom is 0.123 e. The largest absolute Gasteiger partial charge is 0.207 e. The first-order valence-electron chi connectivity index (χ1n) is 6.23. The van der Waals surface area contributed by atoms with Crippen LogP contribution in [-0.4, -0.2) is 10.7 Å². The minimum atomic E-state index is -0.200. The van der Waals surface area contributed by atoms with Crippen LogP contribution < -0.4 is 0 Å². The van der Waals surface area contributed by atoms with Crippen molar-refractivity contribution < 1.29 is 4.39 Å². The van der Waals surface area contributed by atoms with E-state index in [4.69, 9.17) is 0 Å². The SMILES string of the molecule is Fc1ccc(Br)c(CC(CBr)(CBr)c2ccccc2)c1. The molecule has 0 aliphatic rings. The summed E-state index contributed by atoms with van der Waals surface area (Å²) in [6.07, 6.45) is 0.756. The van der Waals surface area contributed by atoms with E-state index in [-0.39, 0.29) is 11.2 Å². The number of rotatable bonds is 5. The van der Waals surface area contributed by atoms with Crippen molar-refractivity contribution in [1.82, 2.24) is 0 Å². The zero-order valence-corrected chi connectivity index (χ0v) is 15.5. The molecule has 0 heterocycles. The van der Waals surface area contributed by atoms with Gasteiger partial charge in [0.15, 0.2) is 0 Å². The Kier molecular flexibility index (Phi) is 5.82. The maximum absolute atomic E-state index is 13.5. The molecule has 0 bridgehead atoms. The Balaban J connectivity index is 2.42. The van der Waals surface area contributed by atoms with E-state index in [1.807, 2.05) is 18.2 Å². The predicted octanol–water partition coefficient (Wildman–Crippen LogP) is 5.86. The Morgan fingerprint density at radius 2 is 1.60 bits per heavy atom. The summed E-state index contributed by atoms with van der Waals surface area (Å²) in [4.78, 5) is 0. The maximum atomic E-state index is 13.5. The zero-order chi connectivity index (χ0) is 14.6. The highest BCUT2D eigenvalue weighted by Crippen LogP contribution is 2.35. The van der Waals surface area contributed by atoms with Crippen molar-refractivity contribution in [3.05, 3.63) is 69.9 Å². The normalized spacial score (nSPS) is 11.6. The summed E-state index contributed by atoms with van der Waals surface area (Å²) >= 11 is 10.8. The van der Waals surface area contributed by atoms with Crippen molar-refractivity contribution >= 4 is 47.8 Å². The molecule has 0 aliphatic carbocycles. The minimum absolute atomic E-state index is 0.0996. The third-order valence-corrected chi connectivity index (χ3v) is 6.35. The van der Waals surface area contributed by atoms with Crippen LogP contribution in [-0.2, 0) is 11.8 Å². The molecule has 106 valence electrons. The molecule has 0 saturated heterocycles. The van der Waals surface area contributed by atoms with Gasteiger partial charge in [-0.05, 0) is 35.7 Å². The van der Waals surface area contributed by atoms with E-state index in [9.17, 15) is 4.39 Å². The Labute approximate surface area is 144 Å². The van der Waals surface area contributed by atoms with Gasteiger partial charge < -0.3 is 0 Å². The summed E-state index contributed by atoms with van der Waals surface area (Å²) in [5.41, 5.74) is 2.12. The summed E-state index contributed by atoms with van der Waals surface area (Å²) in [6, 6.07) is 15.2. The molecule has 4 heteroatoms. The van der Waals surface area contributed by atoms with E-state index >= 15 is 0 Å². The van der Waals surface area contributed by atoms with E-state index in [1.54, 1.807) is 12.1 Å². The molecule has 0 saturated carbocycles. The Morgan fingerprint density at radius 3 is 2.20 bits per heavy atom. The fraction of sp³-hybridized carbons (Fsp3) is 0.250. The molecule has 0 nitrogen and oxygen atoms in total. The van der Waals surface area contributed by atoms with Crippen LogP contribution in [0.1, 0.15) is 11.1 Å². The topological polar surface area (TPSA) is 0 Å². The summed E-state index contributed by atoms with van der Waals surface area (Å²) < 4.78 is 14.4. The van der Waals surface area contributed by atoms with Gasteiger partial charge in [-0.1, -0.05) is 78.1 Å². The lowest BCUT2D eigenvalue weighted by Gasteiger charge is -2.31. The molecule has 0 fully saturated rings. The van der Waals surface area contributed by atoms with Crippen LogP contribution >= 0.6 is 47.8 Å². The van der Waals surface area contributed by atoms with Crippen molar-refractivity contribution in [2.75, 3.05) is 10.7 Å². The van der Waals surface area contributed by atoms with E-state index in [2.05, 4.69) is 59.9 Å². The van der Waals surface area contributed by atoms with Crippen LogP contribution in [0.2, 0.25) is 0 Å². The van der Waals surface area contributed by atoms with Crippen molar-refractivity contribution in [2.45, 2.75) is 11.8 Å². The Morgan fingerprint density at radius 1 is 0.950 bits per heavy atom. The van der Waals surface area contributed by atoms with Crippen molar-refractivity contribution in [3.63, 3.8) is 0 Å². The van der Waals surface area contributed by atoms with Crippen molar-refractivity contribution in [1.29, 1.82) is 0 Å². The third-order valence-electron chi connectivity index (χ3n) is 3.43. The molecule has 0 aliphatic heterocycles. The van der Waals surface area contributed by atoms with Crippen LogP contribution in [0.3, 0.4) is 0 Å². The van der Waals surface area contributed by atoms with Crippen molar-refractivity contribution in [2.24, 2.45) is 0 Å². The molecule has 2 aromatic rings. The van der Waals surface area contributed by atoms with Crippen LogP contribution in [0.4, 0.5) is 4.39 Å². The fourth-order valence-electron chi connectivity index (χ4n) is 2.22. The second kappa shape index (κ2) is 7.19. The highest BCUT2D eigenvalue weighted by atomic mass is 79.9. The fourth-order valence-corrected chi connectivity index (χ4v) is 4.58. The third kappa shape index (κ3) is 3.52.